The Morgan fingerprint density at radius 3 is 2.57 bits per heavy atom. The van der Waals surface area contributed by atoms with E-state index in [1.54, 1.807) is 31.4 Å². The molecule has 0 bridgehead atoms. The van der Waals surface area contributed by atoms with Crippen LogP contribution in [0.25, 0.3) is 0 Å². The Balaban J connectivity index is 1.77. The summed E-state index contributed by atoms with van der Waals surface area (Å²) >= 11 is 12.1. The molecule has 1 amide bonds. The minimum absolute atomic E-state index is 0.0377. The molecule has 0 atom stereocenters. The second-order valence-electron chi connectivity index (χ2n) is 6.05. The molecule has 0 aliphatic rings. The van der Waals surface area contributed by atoms with Crippen LogP contribution in [0.5, 0.6) is 11.5 Å². The largest absolute Gasteiger partial charge is 0.497 e. The van der Waals surface area contributed by atoms with Gasteiger partial charge in [0, 0.05) is 17.5 Å². The minimum Gasteiger partial charge on any atom is -0.497 e. The number of halogens is 3. The number of ether oxygens (including phenoxy) is 2. The molecule has 7 nitrogen and oxygen atoms in total. The maximum Gasteiger partial charge on any atom is 0.219 e. The Hall–Kier alpha value is -3.10. The lowest BCUT2D eigenvalue weighted by Crippen LogP contribution is -2.17. The van der Waals surface area contributed by atoms with Gasteiger partial charge in [-0.15, -0.1) is 10.2 Å². The van der Waals surface area contributed by atoms with E-state index >= 15 is 0 Å². The van der Waals surface area contributed by atoms with E-state index in [0.717, 1.165) is 0 Å². The first-order valence-electron chi connectivity index (χ1n) is 8.71. The molecule has 0 saturated heterocycles. The number of carbonyl (C=O) groups is 1. The van der Waals surface area contributed by atoms with Crippen LogP contribution in [0.1, 0.15) is 5.56 Å². The molecular formula is C20H17Cl2FN4O3. The van der Waals surface area contributed by atoms with E-state index in [2.05, 4.69) is 10.2 Å². The fourth-order valence-corrected chi connectivity index (χ4v) is 3.22. The minimum atomic E-state index is -0.565. The van der Waals surface area contributed by atoms with Crippen LogP contribution >= 0.6 is 23.2 Å². The molecule has 0 unspecified atom stereocenters. The number of carbonyl (C=O) groups excluding carboxylic acids is 1. The molecule has 10 heteroatoms. The summed E-state index contributed by atoms with van der Waals surface area (Å²) in [6.07, 6.45) is 0.834. The van der Waals surface area contributed by atoms with Gasteiger partial charge in [0.05, 0.1) is 24.4 Å². The highest BCUT2D eigenvalue weighted by atomic mass is 35.5. The van der Waals surface area contributed by atoms with Crippen molar-refractivity contribution >= 4 is 46.9 Å². The summed E-state index contributed by atoms with van der Waals surface area (Å²) in [5.74, 6) is 0.539. The van der Waals surface area contributed by atoms with E-state index in [4.69, 9.17) is 38.4 Å². The highest BCUT2D eigenvalue weighted by Gasteiger charge is 2.15. The molecule has 0 aliphatic heterocycles. The number of hydrogen-bond donors (Lipinski definition) is 1. The Morgan fingerprint density at radius 2 is 1.90 bits per heavy atom. The van der Waals surface area contributed by atoms with Gasteiger partial charge < -0.3 is 15.2 Å². The molecule has 3 aromatic rings. The zero-order valence-electron chi connectivity index (χ0n) is 15.8. The molecule has 0 saturated carbocycles. The molecule has 30 heavy (non-hydrogen) atoms. The first kappa shape index (κ1) is 21.6. The van der Waals surface area contributed by atoms with Crippen LogP contribution in [0.4, 0.5) is 21.7 Å². The standard InChI is InChI=1S/C20H17Cl2FN4O3/c1-29-13-4-2-12(3-5-13)27(11-28)18-10-17(20(24)26-25-18)30-9-8-14-15(21)6-7-16(23)19(14)22/h2-7,10-11H,8-9H2,1H3,(H2,24,26). The maximum absolute atomic E-state index is 13.6. The Labute approximate surface area is 182 Å². The van der Waals surface area contributed by atoms with E-state index in [1.807, 2.05) is 0 Å². The molecule has 3 rings (SSSR count). The average Bonchev–Trinajstić information content (AvgIpc) is 2.76. The fraction of sp³-hybridized carbons (Fsp3) is 0.150. The van der Waals surface area contributed by atoms with Gasteiger partial charge in [0.25, 0.3) is 0 Å². The van der Waals surface area contributed by atoms with Gasteiger partial charge in [-0.25, -0.2) is 4.39 Å². The highest BCUT2D eigenvalue weighted by molar-refractivity contribution is 6.36. The Morgan fingerprint density at radius 1 is 1.17 bits per heavy atom. The van der Waals surface area contributed by atoms with E-state index in [1.165, 1.54) is 23.1 Å². The summed E-state index contributed by atoms with van der Waals surface area (Å²) in [6, 6.07) is 10.9. The average molecular weight is 451 g/mol. The van der Waals surface area contributed by atoms with Gasteiger partial charge >= 0.3 is 0 Å². The predicted molar refractivity (Wildman–Crippen MR) is 113 cm³/mol. The predicted octanol–water partition coefficient (Wildman–Crippen LogP) is 4.43. The zero-order valence-corrected chi connectivity index (χ0v) is 17.3. The highest BCUT2D eigenvalue weighted by Crippen LogP contribution is 2.30. The van der Waals surface area contributed by atoms with Crippen molar-refractivity contribution in [2.75, 3.05) is 24.4 Å². The van der Waals surface area contributed by atoms with Crippen LogP contribution in [0.15, 0.2) is 42.5 Å². The monoisotopic (exact) mass is 450 g/mol. The van der Waals surface area contributed by atoms with E-state index in [-0.39, 0.29) is 35.4 Å². The van der Waals surface area contributed by atoms with Crippen molar-refractivity contribution in [3.8, 4) is 11.5 Å². The van der Waals surface area contributed by atoms with E-state index in [0.29, 0.717) is 28.4 Å². The molecule has 0 spiro atoms. The van der Waals surface area contributed by atoms with Crippen LogP contribution < -0.4 is 20.1 Å². The quantitative estimate of drug-likeness (QED) is 0.403. The summed E-state index contributed by atoms with van der Waals surface area (Å²) in [5, 5.41) is 8.07. The summed E-state index contributed by atoms with van der Waals surface area (Å²) < 4.78 is 24.4. The number of amides is 1. The summed E-state index contributed by atoms with van der Waals surface area (Å²) in [6.45, 7) is 0.0991. The van der Waals surface area contributed by atoms with Crippen molar-refractivity contribution in [1.82, 2.24) is 10.2 Å². The maximum atomic E-state index is 13.6. The number of benzene rings is 2. The number of hydrogen-bond acceptors (Lipinski definition) is 6. The zero-order chi connectivity index (χ0) is 21.7. The lowest BCUT2D eigenvalue weighted by Gasteiger charge is -2.17. The second kappa shape index (κ2) is 9.60. The number of nitrogen functional groups attached to an aromatic ring is 1. The summed E-state index contributed by atoms with van der Waals surface area (Å²) in [4.78, 5) is 12.9. The third kappa shape index (κ3) is 4.72. The van der Waals surface area contributed by atoms with Gasteiger partial charge in [0.1, 0.15) is 11.6 Å². The SMILES string of the molecule is COc1ccc(N(C=O)c2cc(OCCc3c(Cl)ccc(F)c3Cl)c(N)nn2)cc1. The van der Waals surface area contributed by atoms with E-state index < -0.39 is 5.82 Å². The van der Waals surface area contributed by atoms with Crippen LogP contribution in [0, 0.1) is 5.82 Å². The van der Waals surface area contributed by atoms with Crippen LogP contribution in [-0.2, 0) is 11.2 Å². The van der Waals surface area contributed by atoms with Gasteiger partial charge in [0.15, 0.2) is 17.4 Å². The van der Waals surface area contributed by atoms with Crippen molar-refractivity contribution in [3.05, 3.63) is 63.9 Å². The molecule has 2 N–H and O–H groups in total. The molecule has 1 aromatic heterocycles. The van der Waals surface area contributed by atoms with Crippen molar-refractivity contribution < 1.29 is 18.7 Å². The molecular weight excluding hydrogens is 434 g/mol. The third-order valence-corrected chi connectivity index (χ3v) is 4.99. The number of nitrogens with zero attached hydrogens (tertiary/aromatic N) is 3. The Kier molecular flexibility index (Phi) is 6.91. The van der Waals surface area contributed by atoms with Gasteiger partial charge in [-0.05, 0) is 42.0 Å². The van der Waals surface area contributed by atoms with Crippen molar-refractivity contribution in [2.45, 2.75) is 6.42 Å². The van der Waals surface area contributed by atoms with Crippen LogP contribution in [-0.4, -0.2) is 30.3 Å². The van der Waals surface area contributed by atoms with Crippen LogP contribution in [0.3, 0.4) is 0 Å². The molecule has 0 aliphatic carbocycles. The molecule has 156 valence electrons. The third-order valence-electron chi connectivity index (χ3n) is 4.22. The molecule has 1 heterocycles. The molecule has 2 aromatic carbocycles. The number of methoxy groups -OCH3 is 1. The number of nitrogens with two attached hydrogens (primary N) is 1. The molecule has 0 radical (unpaired) electrons. The first-order valence-corrected chi connectivity index (χ1v) is 9.47. The summed E-state index contributed by atoms with van der Waals surface area (Å²) in [7, 11) is 1.55. The smallest absolute Gasteiger partial charge is 0.219 e. The first-order chi connectivity index (χ1) is 14.4. The number of aromatic nitrogens is 2. The van der Waals surface area contributed by atoms with Crippen molar-refractivity contribution in [1.29, 1.82) is 0 Å². The van der Waals surface area contributed by atoms with Crippen LogP contribution in [0.2, 0.25) is 10.0 Å². The normalized spacial score (nSPS) is 10.5. The van der Waals surface area contributed by atoms with Gasteiger partial charge in [-0.1, -0.05) is 23.2 Å². The molecule has 0 fully saturated rings. The topological polar surface area (TPSA) is 90.6 Å². The van der Waals surface area contributed by atoms with Gasteiger partial charge in [0.2, 0.25) is 6.41 Å². The second-order valence-corrected chi connectivity index (χ2v) is 6.83. The van der Waals surface area contributed by atoms with Crippen molar-refractivity contribution in [3.63, 3.8) is 0 Å². The lowest BCUT2D eigenvalue weighted by atomic mass is 10.1. The number of rotatable bonds is 8. The number of anilines is 3. The Bertz CT molecular complexity index is 1050. The van der Waals surface area contributed by atoms with Gasteiger partial charge in [-0.2, -0.15) is 0 Å². The lowest BCUT2D eigenvalue weighted by molar-refractivity contribution is -0.106. The van der Waals surface area contributed by atoms with Gasteiger partial charge in [-0.3, -0.25) is 9.69 Å². The fourth-order valence-electron chi connectivity index (χ4n) is 2.66. The summed E-state index contributed by atoms with van der Waals surface area (Å²) in [5.41, 5.74) is 6.81. The van der Waals surface area contributed by atoms with Crippen molar-refractivity contribution in [2.24, 2.45) is 0 Å². The van der Waals surface area contributed by atoms with E-state index in [9.17, 15) is 9.18 Å².